The molecule has 2 aromatic rings. The lowest BCUT2D eigenvalue weighted by Crippen LogP contribution is -2.18. The van der Waals surface area contributed by atoms with Gasteiger partial charge in [-0.25, -0.2) is 9.78 Å². The van der Waals surface area contributed by atoms with Crippen LogP contribution in [-0.4, -0.2) is 27.0 Å². The third-order valence-electron chi connectivity index (χ3n) is 3.75. The van der Waals surface area contributed by atoms with Gasteiger partial charge in [0.15, 0.2) is 0 Å². The Kier molecular flexibility index (Phi) is 4.06. The van der Waals surface area contributed by atoms with E-state index in [1.165, 1.54) is 12.1 Å². The van der Waals surface area contributed by atoms with Crippen LogP contribution in [0, 0.1) is 0 Å². The van der Waals surface area contributed by atoms with Crippen LogP contribution in [0.3, 0.4) is 0 Å². The van der Waals surface area contributed by atoms with Crippen LogP contribution in [0.1, 0.15) is 34.8 Å². The van der Waals surface area contributed by atoms with Gasteiger partial charge >= 0.3 is 12.3 Å². The molecule has 0 bridgehead atoms. The smallest absolute Gasteiger partial charge is 0.478 e. The topological polar surface area (TPSA) is 64.4 Å². The van der Waals surface area contributed by atoms with Crippen LogP contribution >= 0.6 is 15.9 Å². The zero-order valence-electron chi connectivity index (χ0n) is 12.4. The van der Waals surface area contributed by atoms with Gasteiger partial charge in [0, 0.05) is 13.0 Å². The van der Waals surface area contributed by atoms with Crippen molar-refractivity contribution in [1.29, 1.82) is 0 Å². The number of halogens is 4. The van der Waals surface area contributed by atoms with Crippen LogP contribution in [0.15, 0.2) is 22.8 Å². The standard InChI is InChI=1S/C15H12BrF3N2O3/c1-21-11(7-2-3-7)12(16)20-13(21)9-5-4-8(14(22)23)6-10(9)24-15(17,18)19/h4-7H,2-3H2,1H3,(H,22,23). The molecule has 1 aromatic heterocycles. The molecule has 0 saturated heterocycles. The highest BCUT2D eigenvalue weighted by Gasteiger charge is 2.35. The number of carbonyl (C=O) groups is 1. The summed E-state index contributed by atoms with van der Waals surface area (Å²) in [4.78, 5) is 15.3. The largest absolute Gasteiger partial charge is 0.573 e. The number of hydrogen-bond acceptors (Lipinski definition) is 3. The van der Waals surface area contributed by atoms with E-state index in [0.717, 1.165) is 24.6 Å². The second-order valence-electron chi connectivity index (χ2n) is 5.51. The zero-order valence-corrected chi connectivity index (χ0v) is 14.0. The first-order chi connectivity index (χ1) is 11.2. The van der Waals surface area contributed by atoms with Crippen molar-refractivity contribution in [2.24, 2.45) is 7.05 Å². The molecule has 9 heteroatoms. The molecule has 1 aliphatic rings. The molecule has 1 aliphatic carbocycles. The summed E-state index contributed by atoms with van der Waals surface area (Å²) in [5.74, 6) is -1.32. The Bertz CT molecular complexity index is 813. The summed E-state index contributed by atoms with van der Waals surface area (Å²) in [6.07, 6.45) is -2.93. The summed E-state index contributed by atoms with van der Waals surface area (Å²) in [5.41, 5.74) is 0.686. The normalized spacial score (nSPS) is 14.7. The van der Waals surface area contributed by atoms with Gasteiger partial charge < -0.3 is 14.4 Å². The molecule has 0 aliphatic heterocycles. The lowest BCUT2D eigenvalue weighted by Gasteiger charge is -2.14. The highest BCUT2D eigenvalue weighted by atomic mass is 79.9. The fraction of sp³-hybridized carbons (Fsp3) is 0.333. The fourth-order valence-electron chi connectivity index (χ4n) is 2.57. The number of nitrogens with zero attached hydrogens (tertiary/aromatic N) is 2. The summed E-state index contributed by atoms with van der Waals surface area (Å²) in [6, 6.07) is 3.35. The number of rotatable bonds is 4. The molecule has 5 nitrogen and oxygen atoms in total. The quantitative estimate of drug-likeness (QED) is 0.823. The van der Waals surface area contributed by atoms with E-state index < -0.39 is 18.1 Å². The lowest BCUT2D eigenvalue weighted by atomic mass is 10.1. The molecule has 0 unspecified atom stereocenters. The van der Waals surface area contributed by atoms with Crippen molar-refractivity contribution in [2.45, 2.75) is 25.1 Å². The van der Waals surface area contributed by atoms with E-state index in [0.29, 0.717) is 10.5 Å². The molecule has 1 N–H and O–H groups in total. The number of carboxylic acids is 1. The maximum absolute atomic E-state index is 12.7. The van der Waals surface area contributed by atoms with Crippen LogP contribution in [0.4, 0.5) is 13.2 Å². The molecule has 128 valence electrons. The van der Waals surface area contributed by atoms with E-state index >= 15 is 0 Å². The maximum atomic E-state index is 12.7. The highest BCUT2D eigenvalue weighted by Crippen LogP contribution is 2.45. The number of benzene rings is 1. The summed E-state index contributed by atoms with van der Waals surface area (Å²) in [7, 11) is 1.71. The predicted molar refractivity (Wildman–Crippen MR) is 82.0 cm³/mol. The molecule has 24 heavy (non-hydrogen) atoms. The lowest BCUT2D eigenvalue weighted by molar-refractivity contribution is -0.274. The zero-order chi connectivity index (χ0) is 17.6. The van der Waals surface area contributed by atoms with Gasteiger partial charge in [-0.15, -0.1) is 13.2 Å². The summed E-state index contributed by atoms with van der Waals surface area (Å²) < 4.78 is 44.4. The van der Waals surface area contributed by atoms with Gasteiger partial charge in [0.1, 0.15) is 16.2 Å². The molecule has 0 radical (unpaired) electrons. The highest BCUT2D eigenvalue weighted by molar-refractivity contribution is 9.10. The van der Waals surface area contributed by atoms with Gasteiger partial charge in [0.05, 0.1) is 16.8 Å². The number of hydrogen-bond donors (Lipinski definition) is 1. The first-order valence-corrected chi connectivity index (χ1v) is 7.82. The number of aromatic carboxylic acids is 1. The van der Waals surface area contributed by atoms with Crippen molar-refractivity contribution in [3.8, 4) is 17.1 Å². The van der Waals surface area contributed by atoms with Gasteiger partial charge in [-0.05, 0) is 47.0 Å². The summed E-state index contributed by atoms with van der Waals surface area (Å²) in [5, 5.41) is 8.99. The SMILES string of the molecule is Cn1c(-c2ccc(C(=O)O)cc2OC(F)(F)F)nc(Br)c1C1CC1. The van der Waals surface area contributed by atoms with Gasteiger partial charge in [-0.1, -0.05) is 0 Å². The third-order valence-corrected chi connectivity index (χ3v) is 4.34. The number of aromatic nitrogens is 2. The Morgan fingerprint density at radius 2 is 2.08 bits per heavy atom. The Balaban J connectivity index is 2.13. The van der Waals surface area contributed by atoms with Gasteiger partial charge in [-0.3, -0.25) is 0 Å². The predicted octanol–water partition coefficient (Wildman–Crippen LogP) is 4.32. The first-order valence-electron chi connectivity index (χ1n) is 7.03. The van der Waals surface area contributed by atoms with Crippen molar-refractivity contribution >= 4 is 21.9 Å². The van der Waals surface area contributed by atoms with Gasteiger partial charge in [0.25, 0.3) is 0 Å². The molecule has 0 atom stereocenters. The van der Waals surface area contributed by atoms with Crippen molar-refractivity contribution in [1.82, 2.24) is 9.55 Å². The van der Waals surface area contributed by atoms with E-state index in [1.807, 2.05) is 0 Å². The van der Waals surface area contributed by atoms with Gasteiger partial charge in [0.2, 0.25) is 0 Å². The van der Waals surface area contributed by atoms with Gasteiger partial charge in [-0.2, -0.15) is 0 Å². The third kappa shape index (κ3) is 3.26. The van der Waals surface area contributed by atoms with Crippen LogP contribution < -0.4 is 4.74 Å². The van der Waals surface area contributed by atoms with E-state index in [4.69, 9.17) is 5.11 Å². The summed E-state index contributed by atoms with van der Waals surface area (Å²) in [6.45, 7) is 0. The maximum Gasteiger partial charge on any atom is 0.573 e. The molecule has 0 spiro atoms. The van der Waals surface area contributed by atoms with Crippen molar-refractivity contribution < 1.29 is 27.8 Å². The van der Waals surface area contributed by atoms with Crippen molar-refractivity contribution in [2.75, 3.05) is 0 Å². The van der Waals surface area contributed by atoms with Crippen molar-refractivity contribution in [3.05, 3.63) is 34.1 Å². The van der Waals surface area contributed by atoms with E-state index in [1.54, 1.807) is 11.6 Å². The number of ether oxygens (including phenoxy) is 1. The second-order valence-corrected chi connectivity index (χ2v) is 6.26. The average molecular weight is 405 g/mol. The van der Waals surface area contributed by atoms with Crippen LogP contribution in [0.25, 0.3) is 11.4 Å². The van der Waals surface area contributed by atoms with Crippen LogP contribution in [-0.2, 0) is 7.05 Å². The first kappa shape index (κ1) is 16.8. The minimum Gasteiger partial charge on any atom is -0.478 e. The number of alkyl halides is 3. The molecule has 1 aromatic carbocycles. The molecule has 1 saturated carbocycles. The average Bonchev–Trinajstić information content (AvgIpc) is 3.23. The molecule has 3 rings (SSSR count). The Morgan fingerprint density at radius 1 is 1.42 bits per heavy atom. The van der Waals surface area contributed by atoms with Crippen LogP contribution in [0.5, 0.6) is 5.75 Å². The number of imidazole rings is 1. The van der Waals surface area contributed by atoms with E-state index in [-0.39, 0.29) is 17.0 Å². The second kappa shape index (κ2) is 5.80. The fourth-order valence-corrected chi connectivity index (χ4v) is 3.32. The molecule has 1 heterocycles. The molecule has 0 amide bonds. The minimum atomic E-state index is -4.94. The molecule has 1 fully saturated rings. The number of carboxylic acid groups (broad SMARTS) is 1. The van der Waals surface area contributed by atoms with E-state index in [2.05, 4.69) is 25.7 Å². The monoisotopic (exact) mass is 404 g/mol. The minimum absolute atomic E-state index is 0.0763. The van der Waals surface area contributed by atoms with Crippen LogP contribution in [0.2, 0.25) is 0 Å². The molecular formula is C15H12BrF3N2O3. The van der Waals surface area contributed by atoms with E-state index in [9.17, 15) is 18.0 Å². The Morgan fingerprint density at radius 3 is 2.62 bits per heavy atom. The van der Waals surface area contributed by atoms with Crippen molar-refractivity contribution in [3.63, 3.8) is 0 Å². The molecular weight excluding hydrogens is 393 g/mol. The Labute approximate surface area is 143 Å². The summed E-state index contributed by atoms with van der Waals surface area (Å²) >= 11 is 3.34. The Hall–Kier alpha value is -2.03.